The molecular formula is C27H7F13. The van der Waals surface area contributed by atoms with Crippen LogP contribution in [0.1, 0.15) is 5.56 Å². The average Bonchev–Trinajstić information content (AvgIpc) is 2.87. The molecule has 0 spiro atoms. The van der Waals surface area contributed by atoms with E-state index in [0.717, 1.165) is 12.1 Å². The Morgan fingerprint density at radius 3 is 1.40 bits per heavy atom. The van der Waals surface area contributed by atoms with E-state index >= 15 is 22.0 Å². The molecule has 0 atom stereocenters. The first-order valence-electron chi connectivity index (χ1n) is 10.8. The second-order valence-corrected chi connectivity index (χ2v) is 8.45. The molecule has 0 saturated carbocycles. The third-order valence-electron chi connectivity index (χ3n) is 6.21. The zero-order valence-corrected chi connectivity index (χ0v) is 19.0. The molecule has 0 aliphatic heterocycles. The molecule has 0 heterocycles. The van der Waals surface area contributed by atoms with E-state index in [1.807, 2.05) is 0 Å². The Hall–Kier alpha value is -4.29. The molecule has 0 fully saturated rings. The summed E-state index contributed by atoms with van der Waals surface area (Å²) >= 11 is 0. The summed E-state index contributed by atoms with van der Waals surface area (Å²) < 4.78 is 187. The summed E-state index contributed by atoms with van der Waals surface area (Å²) in [5, 5.41) is -4.18. The monoisotopic (exact) mass is 578 g/mol. The number of benzene rings is 5. The van der Waals surface area contributed by atoms with E-state index in [1.165, 1.54) is 0 Å². The lowest BCUT2D eigenvalue weighted by Gasteiger charge is -2.21. The summed E-state index contributed by atoms with van der Waals surface area (Å²) in [6, 6.07) is 3.62. The van der Waals surface area contributed by atoms with Gasteiger partial charge in [0.05, 0.1) is 5.56 Å². The summed E-state index contributed by atoms with van der Waals surface area (Å²) in [5.41, 5.74) is -7.87. The van der Waals surface area contributed by atoms with Gasteiger partial charge in [0.1, 0.15) is 23.0 Å². The van der Waals surface area contributed by atoms with Crippen molar-refractivity contribution in [2.45, 2.75) is 6.18 Å². The number of alkyl halides is 3. The van der Waals surface area contributed by atoms with Crippen LogP contribution in [-0.4, -0.2) is 0 Å². The van der Waals surface area contributed by atoms with Crippen molar-refractivity contribution in [1.29, 1.82) is 0 Å². The first kappa shape index (κ1) is 27.3. The van der Waals surface area contributed by atoms with E-state index in [0.29, 0.717) is 18.2 Å². The second-order valence-electron chi connectivity index (χ2n) is 8.45. The maximum Gasteiger partial charge on any atom is 0.422 e. The number of hydrogen-bond acceptors (Lipinski definition) is 0. The third kappa shape index (κ3) is 3.86. The lowest BCUT2D eigenvalue weighted by Crippen LogP contribution is -2.16. The van der Waals surface area contributed by atoms with Crippen LogP contribution in [0.3, 0.4) is 0 Å². The predicted octanol–water partition coefficient (Wildman–Crippen LogP) is 9.74. The minimum absolute atomic E-state index is 0.279. The maximum absolute atomic E-state index is 15.3. The highest BCUT2D eigenvalue weighted by molar-refractivity contribution is 6.22. The summed E-state index contributed by atoms with van der Waals surface area (Å²) in [4.78, 5) is 0. The van der Waals surface area contributed by atoms with Crippen molar-refractivity contribution in [3.63, 3.8) is 0 Å². The fourth-order valence-electron chi connectivity index (χ4n) is 4.64. The van der Waals surface area contributed by atoms with Gasteiger partial charge < -0.3 is 0 Å². The van der Waals surface area contributed by atoms with Crippen molar-refractivity contribution in [2.75, 3.05) is 0 Å². The lowest BCUT2D eigenvalue weighted by molar-refractivity contribution is -0.143. The molecular weight excluding hydrogens is 571 g/mol. The first-order chi connectivity index (χ1) is 18.7. The van der Waals surface area contributed by atoms with E-state index in [9.17, 15) is 35.1 Å². The van der Waals surface area contributed by atoms with E-state index in [4.69, 9.17) is 0 Å². The van der Waals surface area contributed by atoms with Crippen molar-refractivity contribution < 1.29 is 57.1 Å². The van der Waals surface area contributed by atoms with Crippen LogP contribution in [-0.2, 0) is 6.18 Å². The van der Waals surface area contributed by atoms with Crippen molar-refractivity contribution in [3.05, 3.63) is 106 Å². The summed E-state index contributed by atoms with van der Waals surface area (Å²) in [7, 11) is 0. The molecule has 5 aromatic carbocycles. The number of hydrogen-bond donors (Lipinski definition) is 0. The van der Waals surface area contributed by atoms with Gasteiger partial charge in [0, 0.05) is 27.3 Å². The Balaban J connectivity index is 2.11. The Morgan fingerprint density at radius 2 is 0.900 bits per heavy atom. The smallest absolute Gasteiger partial charge is 0.206 e. The van der Waals surface area contributed by atoms with Gasteiger partial charge in [0.2, 0.25) is 0 Å². The molecule has 0 aliphatic carbocycles. The molecule has 0 bridgehead atoms. The number of halogens is 13. The fraction of sp³-hybridized carbons (Fsp3) is 0.0370. The first-order valence-corrected chi connectivity index (χ1v) is 10.8. The van der Waals surface area contributed by atoms with Gasteiger partial charge in [-0.2, -0.15) is 13.2 Å². The highest BCUT2D eigenvalue weighted by Gasteiger charge is 2.43. The topological polar surface area (TPSA) is 0 Å². The lowest BCUT2D eigenvalue weighted by atomic mass is 9.84. The second kappa shape index (κ2) is 9.14. The van der Waals surface area contributed by atoms with E-state index < -0.39 is 114 Å². The van der Waals surface area contributed by atoms with E-state index in [1.54, 1.807) is 0 Å². The molecule has 40 heavy (non-hydrogen) atoms. The zero-order valence-electron chi connectivity index (χ0n) is 19.0. The molecule has 206 valence electrons. The quantitative estimate of drug-likeness (QED) is 0.0847. The van der Waals surface area contributed by atoms with Crippen LogP contribution >= 0.6 is 0 Å². The highest BCUT2D eigenvalue weighted by Crippen LogP contribution is 2.49. The Labute approximate surface area is 213 Å². The average molecular weight is 578 g/mol. The van der Waals surface area contributed by atoms with Gasteiger partial charge >= 0.3 is 6.18 Å². The molecule has 0 amide bonds. The Morgan fingerprint density at radius 1 is 0.425 bits per heavy atom. The van der Waals surface area contributed by atoms with Gasteiger partial charge in [-0.25, -0.2) is 43.9 Å². The minimum atomic E-state index is -5.93. The highest BCUT2D eigenvalue weighted by atomic mass is 19.4. The molecule has 0 saturated heterocycles. The molecule has 5 rings (SSSR count). The predicted molar refractivity (Wildman–Crippen MR) is 117 cm³/mol. The maximum atomic E-state index is 15.3. The van der Waals surface area contributed by atoms with E-state index in [-0.39, 0.29) is 12.1 Å². The SMILES string of the molecule is Fc1cc(-c2c3c(F)cccc3c(-c3c(F)c(F)c(C(F)(F)F)c(F)c3F)c3c(F)ccc(F)c23)cc(F)c1F. The molecule has 0 aromatic heterocycles. The molecule has 0 radical (unpaired) electrons. The largest absolute Gasteiger partial charge is 0.422 e. The van der Waals surface area contributed by atoms with Gasteiger partial charge in [0.25, 0.3) is 0 Å². The van der Waals surface area contributed by atoms with Crippen molar-refractivity contribution in [1.82, 2.24) is 0 Å². The normalized spacial score (nSPS) is 12.1. The van der Waals surface area contributed by atoms with Crippen molar-refractivity contribution >= 4 is 21.5 Å². The van der Waals surface area contributed by atoms with Gasteiger partial charge in [0.15, 0.2) is 40.7 Å². The van der Waals surface area contributed by atoms with Crippen LogP contribution in [0, 0.1) is 58.2 Å². The number of fused-ring (bicyclic) bond motifs is 2. The Kier molecular flexibility index (Phi) is 6.23. The van der Waals surface area contributed by atoms with Gasteiger partial charge in [-0.15, -0.1) is 0 Å². The molecule has 0 nitrogen and oxygen atoms in total. The minimum Gasteiger partial charge on any atom is -0.206 e. The van der Waals surface area contributed by atoms with Gasteiger partial charge in [-0.1, -0.05) is 12.1 Å². The molecule has 5 aromatic rings. The van der Waals surface area contributed by atoms with Crippen LogP contribution in [0.4, 0.5) is 57.1 Å². The Bertz CT molecular complexity index is 1840. The van der Waals surface area contributed by atoms with Crippen LogP contribution in [0.2, 0.25) is 0 Å². The van der Waals surface area contributed by atoms with Crippen LogP contribution < -0.4 is 0 Å². The van der Waals surface area contributed by atoms with E-state index in [2.05, 4.69) is 0 Å². The zero-order chi connectivity index (χ0) is 29.4. The van der Waals surface area contributed by atoms with Gasteiger partial charge in [-0.3, -0.25) is 0 Å². The standard InChI is InChI=1S/C27H7F13/c28-10-3-1-2-9-16(10)15(8-6-13(31)22(33)14(32)7-8)18-11(29)4-5-12(30)19(18)17(9)20-23(34)25(36)21(27(38,39)40)26(37)24(20)35/h1-7H. The summed E-state index contributed by atoms with van der Waals surface area (Å²) in [6.45, 7) is 0. The van der Waals surface area contributed by atoms with Crippen LogP contribution in [0.15, 0.2) is 42.5 Å². The van der Waals surface area contributed by atoms with Crippen molar-refractivity contribution in [2.24, 2.45) is 0 Å². The summed E-state index contributed by atoms with van der Waals surface area (Å²) in [5.74, 6) is -21.4. The van der Waals surface area contributed by atoms with Gasteiger partial charge in [-0.05, 0) is 41.3 Å². The third-order valence-corrected chi connectivity index (χ3v) is 6.21. The molecule has 13 heteroatoms. The van der Waals surface area contributed by atoms with Crippen LogP contribution in [0.25, 0.3) is 43.8 Å². The molecule has 0 unspecified atom stereocenters. The van der Waals surface area contributed by atoms with Crippen LogP contribution in [0.5, 0.6) is 0 Å². The van der Waals surface area contributed by atoms with Crippen molar-refractivity contribution in [3.8, 4) is 22.3 Å². The number of rotatable bonds is 2. The molecule has 0 aliphatic rings. The molecule has 0 N–H and O–H groups in total. The fourth-order valence-corrected chi connectivity index (χ4v) is 4.64. The summed E-state index contributed by atoms with van der Waals surface area (Å²) in [6.07, 6.45) is -5.93.